The molecule has 0 bridgehead atoms. The molecule has 0 spiro atoms. The third-order valence-electron chi connectivity index (χ3n) is 3.99. The van der Waals surface area contributed by atoms with Gasteiger partial charge in [0.2, 0.25) is 0 Å². The highest BCUT2D eigenvalue weighted by molar-refractivity contribution is 8.00. The second kappa shape index (κ2) is 7.98. The van der Waals surface area contributed by atoms with Crippen LogP contribution in [0.4, 0.5) is 0 Å². The minimum absolute atomic E-state index is 0.488. The van der Waals surface area contributed by atoms with Crippen molar-refractivity contribution in [2.45, 2.75) is 27.9 Å². The van der Waals surface area contributed by atoms with Crippen LogP contribution in [0.25, 0.3) is 0 Å². The van der Waals surface area contributed by atoms with Crippen LogP contribution in [0, 0.1) is 0 Å². The number of rotatable bonds is 5. The molecule has 0 amide bonds. The SMILES string of the molecule is CN(C)CCCSC1Cc2ccccc2Sc2ccc(Cl)cc21. The first-order chi connectivity index (χ1) is 11.1. The second-order valence-electron chi connectivity index (χ2n) is 6.11. The lowest BCUT2D eigenvalue weighted by molar-refractivity contribution is 0.410. The van der Waals surface area contributed by atoms with Gasteiger partial charge in [0, 0.05) is 20.1 Å². The molecule has 2 aromatic carbocycles. The van der Waals surface area contributed by atoms with Crippen LogP contribution in [0.5, 0.6) is 0 Å². The molecule has 0 aromatic heterocycles. The third kappa shape index (κ3) is 4.48. The molecular weight excluding hydrogens is 342 g/mol. The molecule has 23 heavy (non-hydrogen) atoms. The van der Waals surface area contributed by atoms with Gasteiger partial charge >= 0.3 is 0 Å². The number of hydrogen-bond donors (Lipinski definition) is 0. The maximum Gasteiger partial charge on any atom is 0.0409 e. The topological polar surface area (TPSA) is 3.24 Å². The molecule has 1 heterocycles. The summed E-state index contributed by atoms with van der Waals surface area (Å²) in [6, 6.07) is 15.1. The minimum Gasteiger partial charge on any atom is -0.309 e. The van der Waals surface area contributed by atoms with Crippen LogP contribution in [0.3, 0.4) is 0 Å². The summed E-state index contributed by atoms with van der Waals surface area (Å²) in [5, 5.41) is 1.33. The van der Waals surface area contributed by atoms with Gasteiger partial charge in [-0.15, -0.1) is 0 Å². The molecule has 0 N–H and O–H groups in total. The van der Waals surface area contributed by atoms with E-state index in [2.05, 4.69) is 67.2 Å². The van der Waals surface area contributed by atoms with E-state index in [-0.39, 0.29) is 0 Å². The van der Waals surface area contributed by atoms with Crippen molar-refractivity contribution < 1.29 is 0 Å². The Balaban J connectivity index is 1.83. The first-order valence-electron chi connectivity index (χ1n) is 7.95. The van der Waals surface area contributed by atoms with E-state index in [0.717, 1.165) is 18.0 Å². The van der Waals surface area contributed by atoms with Crippen LogP contribution in [0.15, 0.2) is 52.3 Å². The van der Waals surface area contributed by atoms with Gasteiger partial charge in [-0.2, -0.15) is 11.8 Å². The van der Waals surface area contributed by atoms with Crippen molar-refractivity contribution in [2.24, 2.45) is 0 Å². The summed E-state index contributed by atoms with van der Waals surface area (Å²) in [6.45, 7) is 1.15. The summed E-state index contributed by atoms with van der Waals surface area (Å²) in [7, 11) is 4.27. The maximum absolute atomic E-state index is 6.28. The Morgan fingerprint density at radius 3 is 2.83 bits per heavy atom. The van der Waals surface area contributed by atoms with Gasteiger partial charge in [0.05, 0.1) is 0 Å². The summed E-state index contributed by atoms with van der Waals surface area (Å²) in [5.41, 5.74) is 2.85. The molecule has 0 saturated heterocycles. The van der Waals surface area contributed by atoms with E-state index in [0.29, 0.717) is 5.25 Å². The van der Waals surface area contributed by atoms with Gasteiger partial charge in [-0.25, -0.2) is 0 Å². The van der Waals surface area contributed by atoms with Crippen molar-refractivity contribution in [3.05, 3.63) is 58.6 Å². The lowest BCUT2D eigenvalue weighted by Gasteiger charge is -2.18. The van der Waals surface area contributed by atoms with Gasteiger partial charge in [0.25, 0.3) is 0 Å². The molecule has 1 aliphatic rings. The Labute approximate surface area is 152 Å². The van der Waals surface area contributed by atoms with Crippen LogP contribution >= 0.6 is 35.1 Å². The summed E-state index contributed by atoms with van der Waals surface area (Å²) in [6.07, 6.45) is 2.31. The van der Waals surface area contributed by atoms with Crippen LogP contribution in [0.1, 0.15) is 22.8 Å². The molecule has 3 rings (SSSR count). The van der Waals surface area contributed by atoms with E-state index in [1.165, 1.54) is 33.1 Å². The molecule has 0 radical (unpaired) electrons. The van der Waals surface area contributed by atoms with E-state index >= 15 is 0 Å². The number of fused-ring (bicyclic) bond motifs is 2. The first-order valence-corrected chi connectivity index (χ1v) is 10.2. The maximum atomic E-state index is 6.28. The van der Waals surface area contributed by atoms with E-state index < -0.39 is 0 Å². The number of halogens is 1. The fourth-order valence-electron chi connectivity index (χ4n) is 2.82. The molecule has 0 fully saturated rings. The van der Waals surface area contributed by atoms with Crippen LogP contribution in [-0.4, -0.2) is 31.3 Å². The highest BCUT2D eigenvalue weighted by Crippen LogP contribution is 2.46. The van der Waals surface area contributed by atoms with E-state index in [4.69, 9.17) is 11.6 Å². The molecule has 1 aliphatic heterocycles. The zero-order chi connectivity index (χ0) is 16.2. The van der Waals surface area contributed by atoms with Gasteiger partial charge in [-0.3, -0.25) is 0 Å². The highest BCUT2D eigenvalue weighted by atomic mass is 35.5. The average Bonchev–Trinajstić information content (AvgIpc) is 2.68. The third-order valence-corrected chi connectivity index (χ3v) is 6.78. The van der Waals surface area contributed by atoms with Gasteiger partial charge in [0.15, 0.2) is 0 Å². The number of hydrogen-bond acceptors (Lipinski definition) is 3. The number of benzene rings is 2. The first kappa shape index (κ1) is 17.2. The predicted octanol–water partition coefficient (Wildman–Crippen LogP) is 5.77. The Bertz CT molecular complexity index is 672. The summed E-state index contributed by atoms with van der Waals surface area (Å²) in [5.74, 6) is 1.18. The molecule has 122 valence electrons. The van der Waals surface area contributed by atoms with Crippen molar-refractivity contribution in [3.8, 4) is 0 Å². The lowest BCUT2D eigenvalue weighted by atomic mass is 10.0. The quantitative estimate of drug-likeness (QED) is 0.620. The number of thioether (sulfide) groups is 1. The van der Waals surface area contributed by atoms with Crippen LogP contribution in [0.2, 0.25) is 5.02 Å². The molecule has 1 unspecified atom stereocenters. The number of nitrogens with zero attached hydrogens (tertiary/aromatic N) is 1. The van der Waals surface area contributed by atoms with E-state index in [1.807, 2.05) is 17.8 Å². The summed E-state index contributed by atoms with van der Waals surface area (Å²) in [4.78, 5) is 4.99. The monoisotopic (exact) mass is 363 g/mol. The van der Waals surface area contributed by atoms with Crippen molar-refractivity contribution in [2.75, 3.05) is 26.4 Å². The van der Waals surface area contributed by atoms with Gasteiger partial charge in [-0.05, 0) is 74.6 Å². The molecule has 0 aliphatic carbocycles. The largest absolute Gasteiger partial charge is 0.309 e. The van der Waals surface area contributed by atoms with Crippen molar-refractivity contribution in [1.29, 1.82) is 0 Å². The zero-order valence-corrected chi connectivity index (χ0v) is 16.0. The normalized spacial score (nSPS) is 16.8. The van der Waals surface area contributed by atoms with E-state index in [1.54, 1.807) is 0 Å². The van der Waals surface area contributed by atoms with Gasteiger partial charge in [0.1, 0.15) is 0 Å². The van der Waals surface area contributed by atoms with Crippen molar-refractivity contribution >= 4 is 35.1 Å². The predicted molar refractivity (Wildman–Crippen MR) is 104 cm³/mol. The van der Waals surface area contributed by atoms with Crippen molar-refractivity contribution in [1.82, 2.24) is 4.90 Å². The fourth-order valence-corrected chi connectivity index (χ4v) is 5.45. The molecule has 0 saturated carbocycles. The smallest absolute Gasteiger partial charge is 0.0409 e. The summed E-state index contributed by atoms with van der Waals surface area (Å²) >= 11 is 10.2. The van der Waals surface area contributed by atoms with Gasteiger partial charge < -0.3 is 4.90 Å². The molecular formula is C19H22ClNS2. The fraction of sp³-hybridized carbons (Fsp3) is 0.368. The molecule has 4 heteroatoms. The van der Waals surface area contributed by atoms with E-state index in [9.17, 15) is 0 Å². The Morgan fingerprint density at radius 1 is 1.17 bits per heavy atom. The lowest BCUT2D eigenvalue weighted by Crippen LogP contribution is -2.13. The molecule has 1 atom stereocenters. The van der Waals surface area contributed by atoms with Crippen LogP contribution in [-0.2, 0) is 6.42 Å². The zero-order valence-electron chi connectivity index (χ0n) is 13.6. The Hall–Kier alpha value is -0.610. The highest BCUT2D eigenvalue weighted by Gasteiger charge is 2.23. The van der Waals surface area contributed by atoms with Crippen molar-refractivity contribution in [3.63, 3.8) is 0 Å². The van der Waals surface area contributed by atoms with Gasteiger partial charge in [-0.1, -0.05) is 41.6 Å². The molecule has 2 aromatic rings. The Morgan fingerprint density at radius 2 is 2.00 bits per heavy atom. The summed E-state index contributed by atoms with van der Waals surface area (Å²) < 4.78 is 0. The molecule has 1 nitrogen and oxygen atoms in total. The standard InChI is InChI=1S/C19H22ClNS2/c1-21(2)10-5-11-22-19-12-14-6-3-4-7-17(14)23-18-9-8-15(20)13-16(18)19/h3-4,6-9,13,19H,5,10-12H2,1-2H3. The minimum atomic E-state index is 0.488. The second-order valence-corrected chi connectivity index (χ2v) is 8.94. The van der Waals surface area contributed by atoms with Crippen LogP contribution < -0.4 is 0 Å². The average molecular weight is 364 g/mol. The Kier molecular flexibility index (Phi) is 5.97.